The van der Waals surface area contributed by atoms with Crippen molar-refractivity contribution < 1.29 is 13.2 Å². The van der Waals surface area contributed by atoms with Crippen molar-refractivity contribution in [2.45, 2.75) is 4.90 Å². The highest BCUT2D eigenvalue weighted by Crippen LogP contribution is 2.21. The van der Waals surface area contributed by atoms with Gasteiger partial charge in [0.15, 0.2) is 0 Å². The molecule has 18 heavy (non-hydrogen) atoms. The average Bonchev–Trinajstić information content (AvgIpc) is 2.23. The number of nitrogens with two attached hydrogens (primary N) is 2. The van der Waals surface area contributed by atoms with Crippen molar-refractivity contribution in [3.63, 3.8) is 0 Å². The van der Waals surface area contributed by atoms with E-state index in [-0.39, 0.29) is 23.0 Å². The molecule has 8 heteroatoms. The number of hydrogen-bond donors (Lipinski definition) is 3. The lowest BCUT2D eigenvalue weighted by atomic mass is 10.3. The monoisotopic (exact) mass is 272 g/mol. The van der Waals surface area contributed by atoms with Crippen LogP contribution < -0.4 is 16.2 Å². The van der Waals surface area contributed by atoms with Gasteiger partial charge in [-0.1, -0.05) is 0 Å². The van der Waals surface area contributed by atoms with Gasteiger partial charge in [-0.3, -0.25) is 4.79 Å². The summed E-state index contributed by atoms with van der Waals surface area (Å²) in [4.78, 5) is 12.7. The van der Waals surface area contributed by atoms with Crippen molar-refractivity contribution in [3.05, 3.63) is 18.2 Å². The largest absolute Gasteiger partial charge is 0.398 e. The number of anilines is 2. The van der Waals surface area contributed by atoms with Crippen LogP contribution in [0.2, 0.25) is 0 Å². The van der Waals surface area contributed by atoms with Gasteiger partial charge >= 0.3 is 0 Å². The van der Waals surface area contributed by atoms with Crippen LogP contribution >= 0.6 is 0 Å². The Labute approximate surface area is 106 Å². The first-order chi connectivity index (χ1) is 8.21. The van der Waals surface area contributed by atoms with E-state index in [0.717, 1.165) is 0 Å². The van der Waals surface area contributed by atoms with Gasteiger partial charge in [0.1, 0.15) is 4.90 Å². The Morgan fingerprint density at radius 2 is 2.00 bits per heavy atom. The summed E-state index contributed by atoms with van der Waals surface area (Å²) in [5.74, 6) is -0.107. The number of benzene rings is 1. The summed E-state index contributed by atoms with van der Waals surface area (Å²) >= 11 is 0. The first-order valence-electron chi connectivity index (χ1n) is 5.08. The smallest absolute Gasteiger partial charge is 0.241 e. The summed E-state index contributed by atoms with van der Waals surface area (Å²) in [7, 11) is -0.540. The lowest BCUT2D eigenvalue weighted by Crippen LogP contribution is -2.28. The van der Waals surface area contributed by atoms with Crippen molar-refractivity contribution in [2.24, 2.45) is 5.14 Å². The fourth-order valence-electron chi connectivity index (χ4n) is 1.25. The molecule has 100 valence electrons. The van der Waals surface area contributed by atoms with E-state index in [1.807, 2.05) is 0 Å². The van der Waals surface area contributed by atoms with Crippen LogP contribution in [0.5, 0.6) is 0 Å². The molecular weight excluding hydrogens is 256 g/mol. The highest BCUT2D eigenvalue weighted by Gasteiger charge is 2.12. The third-order valence-corrected chi connectivity index (χ3v) is 3.24. The first-order valence-corrected chi connectivity index (χ1v) is 6.63. The van der Waals surface area contributed by atoms with E-state index < -0.39 is 10.0 Å². The molecule has 1 amide bonds. The molecule has 1 aromatic rings. The van der Waals surface area contributed by atoms with E-state index in [9.17, 15) is 13.2 Å². The van der Waals surface area contributed by atoms with Gasteiger partial charge in [-0.15, -0.1) is 0 Å². The molecule has 0 aliphatic rings. The van der Waals surface area contributed by atoms with Gasteiger partial charge in [0, 0.05) is 19.8 Å². The van der Waals surface area contributed by atoms with Crippen LogP contribution in [0, 0.1) is 0 Å². The Balaban J connectivity index is 2.83. The number of nitrogens with one attached hydrogen (secondary N) is 1. The molecule has 0 aliphatic heterocycles. The average molecular weight is 272 g/mol. The van der Waals surface area contributed by atoms with Crippen molar-refractivity contribution in [2.75, 3.05) is 31.7 Å². The summed E-state index contributed by atoms with van der Waals surface area (Å²) in [5.41, 5.74) is 6.17. The molecule has 5 N–H and O–H groups in total. The van der Waals surface area contributed by atoms with Crippen LogP contribution in [-0.4, -0.2) is 39.9 Å². The second-order valence-corrected chi connectivity index (χ2v) is 5.47. The Hall–Kier alpha value is -1.80. The number of nitrogens with zero attached hydrogens (tertiary/aromatic N) is 1. The maximum atomic E-state index is 11.3. The number of nitrogen functional groups attached to an aromatic ring is 1. The number of primary sulfonamides is 1. The predicted octanol–water partition coefficient (Wildman–Crippen LogP) is -0.584. The highest BCUT2D eigenvalue weighted by molar-refractivity contribution is 7.89. The zero-order chi connectivity index (χ0) is 13.9. The van der Waals surface area contributed by atoms with Crippen LogP contribution in [0.15, 0.2) is 23.1 Å². The Morgan fingerprint density at radius 1 is 1.39 bits per heavy atom. The number of carbonyl (C=O) groups excluding carboxylic acids is 1. The Kier molecular flexibility index (Phi) is 4.15. The molecule has 0 saturated heterocycles. The molecule has 0 fully saturated rings. The van der Waals surface area contributed by atoms with Crippen molar-refractivity contribution in [1.29, 1.82) is 0 Å². The summed E-state index contributed by atoms with van der Waals surface area (Å²) in [6.07, 6.45) is 0. The Morgan fingerprint density at radius 3 is 2.44 bits per heavy atom. The zero-order valence-corrected chi connectivity index (χ0v) is 11.0. The topological polar surface area (TPSA) is 119 Å². The minimum absolute atomic E-state index is 0.0415. The fraction of sp³-hybridized carbons (Fsp3) is 0.300. The molecular formula is C10H16N4O3S. The molecule has 7 nitrogen and oxygen atoms in total. The lowest BCUT2D eigenvalue weighted by molar-refractivity contribution is -0.126. The number of rotatable bonds is 4. The third-order valence-electron chi connectivity index (χ3n) is 2.26. The van der Waals surface area contributed by atoms with Crippen LogP contribution in [0.3, 0.4) is 0 Å². The van der Waals surface area contributed by atoms with Gasteiger partial charge in [-0.05, 0) is 18.2 Å². The van der Waals surface area contributed by atoms with Gasteiger partial charge < -0.3 is 16.0 Å². The number of amides is 1. The molecule has 0 unspecified atom stereocenters. The quantitative estimate of drug-likeness (QED) is 0.633. The fourth-order valence-corrected chi connectivity index (χ4v) is 1.90. The van der Waals surface area contributed by atoms with Crippen LogP contribution in [0.25, 0.3) is 0 Å². The van der Waals surface area contributed by atoms with E-state index in [2.05, 4.69) is 5.32 Å². The summed E-state index contributed by atoms with van der Waals surface area (Å²) in [6.45, 7) is 0.0984. The molecule has 0 aliphatic carbocycles. The van der Waals surface area contributed by atoms with Gasteiger partial charge in [0.25, 0.3) is 0 Å². The molecule has 0 atom stereocenters. The van der Waals surface area contributed by atoms with E-state index >= 15 is 0 Å². The zero-order valence-electron chi connectivity index (χ0n) is 10.2. The van der Waals surface area contributed by atoms with Gasteiger partial charge in [-0.25, -0.2) is 13.6 Å². The van der Waals surface area contributed by atoms with E-state index in [1.54, 1.807) is 14.1 Å². The molecule has 0 heterocycles. The van der Waals surface area contributed by atoms with Gasteiger partial charge in [0.05, 0.1) is 12.2 Å². The van der Waals surface area contributed by atoms with Crippen molar-refractivity contribution in [1.82, 2.24) is 4.90 Å². The molecule has 1 aromatic carbocycles. The minimum atomic E-state index is -3.82. The van der Waals surface area contributed by atoms with Crippen LogP contribution in [0.1, 0.15) is 0 Å². The number of sulfonamides is 1. The molecule has 0 spiro atoms. The van der Waals surface area contributed by atoms with E-state index in [4.69, 9.17) is 10.9 Å². The van der Waals surface area contributed by atoms with Crippen LogP contribution in [0.4, 0.5) is 11.4 Å². The standard InChI is InChI=1S/C10H16N4O3S/c1-14(2)10(15)6-13-7-3-4-9(8(11)5-7)18(12,16)17/h3-5,13H,6,11H2,1-2H3,(H2,12,16,17). The van der Waals surface area contributed by atoms with Gasteiger partial charge in [0.2, 0.25) is 15.9 Å². The summed E-state index contributed by atoms with van der Waals surface area (Å²) in [6, 6.07) is 4.22. The number of hydrogen-bond acceptors (Lipinski definition) is 5. The molecule has 1 rings (SSSR count). The van der Waals surface area contributed by atoms with Crippen molar-refractivity contribution in [3.8, 4) is 0 Å². The second-order valence-electron chi connectivity index (χ2n) is 3.94. The molecule has 0 aromatic heterocycles. The first kappa shape index (κ1) is 14.3. The maximum Gasteiger partial charge on any atom is 0.241 e. The number of likely N-dealkylation sites (N-methyl/N-ethyl adjacent to an activating group) is 1. The third kappa shape index (κ3) is 3.60. The normalized spacial score (nSPS) is 11.1. The van der Waals surface area contributed by atoms with Crippen LogP contribution in [-0.2, 0) is 14.8 Å². The second kappa shape index (κ2) is 5.23. The minimum Gasteiger partial charge on any atom is -0.398 e. The van der Waals surface area contributed by atoms with E-state index in [1.165, 1.54) is 23.1 Å². The summed E-state index contributed by atoms with van der Waals surface area (Å²) in [5, 5.41) is 7.82. The highest BCUT2D eigenvalue weighted by atomic mass is 32.2. The number of carbonyl (C=O) groups is 1. The summed E-state index contributed by atoms with van der Waals surface area (Å²) < 4.78 is 22.3. The molecule has 0 saturated carbocycles. The van der Waals surface area contributed by atoms with Gasteiger partial charge in [-0.2, -0.15) is 0 Å². The van der Waals surface area contributed by atoms with Crippen molar-refractivity contribution >= 4 is 27.3 Å². The van der Waals surface area contributed by atoms with E-state index in [0.29, 0.717) is 5.69 Å². The molecule has 0 radical (unpaired) electrons. The maximum absolute atomic E-state index is 11.3. The molecule has 0 bridgehead atoms. The lowest BCUT2D eigenvalue weighted by Gasteiger charge is -2.12. The Bertz CT molecular complexity index is 554. The SMILES string of the molecule is CN(C)C(=O)CNc1ccc(S(N)(=O)=O)c(N)c1. The predicted molar refractivity (Wildman–Crippen MR) is 69.4 cm³/mol.